The summed E-state index contributed by atoms with van der Waals surface area (Å²) in [6, 6.07) is 0. The normalized spacial score (nSPS) is 10.0. The van der Waals surface area contributed by atoms with Gasteiger partial charge in [-0.25, -0.2) is 0 Å². The number of nitrogens with two attached hydrogens (primary N) is 1. The molecule has 0 saturated carbocycles. The molecule has 2 N–H and O–H groups in total. The molecule has 0 amide bonds. The van der Waals surface area contributed by atoms with E-state index in [-0.39, 0.29) is 0 Å². The SMILES string of the molecule is C=C.C=C/C=C(\C)SSCCN. The zero-order chi connectivity index (χ0) is 9.82. The molecule has 0 heterocycles. The Morgan fingerprint density at radius 2 is 2.08 bits per heavy atom. The van der Waals surface area contributed by atoms with E-state index in [0.717, 1.165) is 12.3 Å². The van der Waals surface area contributed by atoms with E-state index in [1.807, 2.05) is 6.08 Å². The third kappa shape index (κ3) is 12.5. The van der Waals surface area contributed by atoms with Crippen LogP contribution in [0.4, 0.5) is 0 Å². The monoisotopic (exact) mass is 203 g/mol. The highest BCUT2D eigenvalue weighted by Gasteiger charge is 1.88. The highest BCUT2D eigenvalue weighted by molar-refractivity contribution is 8.78. The Balaban J connectivity index is 0. The fraction of sp³-hybridized carbons (Fsp3) is 0.333. The molecule has 1 nitrogen and oxygen atoms in total. The van der Waals surface area contributed by atoms with Crippen LogP contribution in [-0.2, 0) is 0 Å². The highest BCUT2D eigenvalue weighted by atomic mass is 33.1. The summed E-state index contributed by atoms with van der Waals surface area (Å²) in [5.41, 5.74) is 5.31. The number of hydrogen-bond donors (Lipinski definition) is 1. The average molecular weight is 203 g/mol. The second-order valence-corrected chi connectivity index (χ2v) is 4.37. The summed E-state index contributed by atoms with van der Waals surface area (Å²) in [6.45, 7) is 12.4. The molecule has 0 fully saturated rings. The molecular formula is C9H17NS2. The summed E-state index contributed by atoms with van der Waals surface area (Å²) in [5, 5.41) is 0. The van der Waals surface area contributed by atoms with Crippen molar-refractivity contribution in [3.63, 3.8) is 0 Å². The molecule has 0 saturated heterocycles. The van der Waals surface area contributed by atoms with Gasteiger partial charge in [-0.05, 0) is 11.8 Å². The van der Waals surface area contributed by atoms with Crippen LogP contribution in [0, 0.1) is 0 Å². The van der Waals surface area contributed by atoms with Crippen molar-refractivity contribution in [2.45, 2.75) is 6.92 Å². The lowest BCUT2D eigenvalue weighted by molar-refractivity contribution is 1.16. The Morgan fingerprint density at radius 1 is 1.50 bits per heavy atom. The van der Waals surface area contributed by atoms with Crippen molar-refractivity contribution in [3.05, 3.63) is 36.8 Å². The molecular weight excluding hydrogens is 186 g/mol. The summed E-state index contributed by atoms with van der Waals surface area (Å²) in [6.07, 6.45) is 3.79. The minimum atomic E-state index is 0.749. The molecule has 0 spiro atoms. The third-order valence-electron chi connectivity index (χ3n) is 0.744. The lowest BCUT2D eigenvalue weighted by atomic mass is 10.5. The predicted octanol–water partition coefficient (Wildman–Crippen LogP) is 3.22. The van der Waals surface area contributed by atoms with Crippen LogP contribution in [0.2, 0.25) is 0 Å². The van der Waals surface area contributed by atoms with Crippen LogP contribution in [0.1, 0.15) is 6.92 Å². The highest BCUT2D eigenvalue weighted by Crippen LogP contribution is 2.28. The molecule has 0 bridgehead atoms. The molecule has 0 rings (SSSR count). The van der Waals surface area contributed by atoms with Gasteiger partial charge in [0, 0.05) is 12.3 Å². The summed E-state index contributed by atoms with van der Waals surface area (Å²) in [4.78, 5) is 1.27. The van der Waals surface area contributed by atoms with Crippen LogP contribution in [0.3, 0.4) is 0 Å². The van der Waals surface area contributed by atoms with Crippen LogP contribution in [0.15, 0.2) is 36.8 Å². The van der Waals surface area contributed by atoms with Crippen LogP contribution in [0.5, 0.6) is 0 Å². The second-order valence-electron chi connectivity index (χ2n) is 1.71. The largest absolute Gasteiger partial charge is 0.330 e. The van der Waals surface area contributed by atoms with Gasteiger partial charge in [-0.3, -0.25) is 0 Å². The molecule has 0 aromatic heterocycles. The molecule has 0 unspecified atom stereocenters. The summed E-state index contributed by atoms with van der Waals surface area (Å²) in [7, 11) is 3.53. The van der Waals surface area contributed by atoms with Crippen LogP contribution in [0.25, 0.3) is 0 Å². The minimum absolute atomic E-state index is 0.749. The van der Waals surface area contributed by atoms with Crippen molar-refractivity contribution < 1.29 is 0 Å². The quantitative estimate of drug-likeness (QED) is 0.321. The number of hydrogen-bond acceptors (Lipinski definition) is 3. The van der Waals surface area contributed by atoms with Crippen LogP contribution in [-0.4, -0.2) is 12.3 Å². The smallest absolute Gasteiger partial charge is 0.0163 e. The van der Waals surface area contributed by atoms with E-state index in [0.29, 0.717) is 0 Å². The zero-order valence-electron chi connectivity index (χ0n) is 7.58. The molecule has 0 aromatic carbocycles. The van der Waals surface area contributed by atoms with Crippen LogP contribution < -0.4 is 5.73 Å². The maximum Gasteiger partial charge on any atom is 0.0163 e. The third-order valence-corrected chi connectivity index (χ3v) is 3.31. The topological polar surface area (TPSA) is 26.0 Å². The van der Waals surface area contributed by atoms with Crippen LogP contribution >= 0.6 is 21.6 Å². The molecule has 0 atom stereocenters. The fourth-order valence-corrected chi connectivity index (χ4v) is 2.16. The van der Waals surface area contributed by atoms with Gasteiger partial charge in [0.05, 0.1) is 0 Å². The minimum Gasteiger partial charge on any atom is -0.330 e. The first-order valence-corrected chi connectivity index (χ1v) is 5.92. The Kier molecular flexibility index (Phi) is 16.2. The van der Waals surface area contributed by atoms with Gasteiger partial charge in [0.25, 0.3) is 0 Å². The molecule has 0 aliphatic rings. The predicted molar refractivity (Wildman–Crippen MR) is 64.3 cm³/mol. The van der Waals surface area contributed by atoms with Gasteiger partial charge in [-0.1, -0.05) is 40.3 Å². The molecule has 12 heavy (non-hydrogen) atoms. The fourth-order valence-electron chi connectivity index (χ4n) is 0.376. The van der Waals surface area contributed by atoms with E-state index in [1.54, 1.807) is 27.7 Å². The van der Waals surface area contributed by atoms with E-state index in [2.05, 4.69) is 26.7 Å². The molecule has 0 radical (unpaired) electrons. The summed E-state index contributed by atoms with van der Waals surface area (Å²) in [5.74, 6) is 1.01. The second kappa shape index (κ2) is 13.5. The maximum atomic E-state index is 5.31. The maximum absolute atomic E-state index is 5.31. The first kappa shape index (κ1) is 14.4. The van der Waals surface area contributed by atoms with E-state index in [9.17, 15) is 0 Å². The Hall–Kier alpha value is -0.120. The van der Waals surface area contributed by atoms with Gasteiger partial charge >= 0.3 is 0 Å². The molecule has 3 heteroatoms. The van der Waals surface area contributed by atoms with Gasteiger partial charge in [-0.15, -0.1) is 13.2 Å². The van der Waals surface area contributed by atoms with Crippen molar-refractivity contribution in [2.75, 3.05) is 12.3 Å². The van der Waals surface area contributed by atoms with E-state index < -0.39 is 0 Å². The Morgan fingerprint density at radius 3 is 2.50 bits per heavy atom. The van der Waals surface area contributed by atoms with Crippen molar-refractivity contribution in [1.82, 2.24) is 0 Å². The van der Waals surface area contributed by atoms with Gasteiger partial charge < -0.3 is 5.73 Å². The zero-order valence-corrected chi connectivity index (χ0v) is 9.22. The van der Waals surface area contributed by atoms with Gasteiger partial charge in [0.2, 0.25) is 0 Å². The van der Waals surface area contributed by atoms with Crippen molar-refractivity contribution >= 4 is 21.6 Å². The number of rotatable bonds is 5. The van der Waals surface area contributed by atoms with Gasteiger partial charge in [0.15, 0.2) is 0 Å². The van der Waals surface area contributed by atoms with E-state index >= 15 is 0 Å². The van der Waals surface area contributed by atoms with Gasteiger partial charge in [-0.2, -0.15) is 0 Å². The number of allylic oxidation sites excluding steroid dienone is 3. The Labute approximate surface area is 83.6 Å². The first-order valence-electron chi connectivity index (χ1n) is 3.60. The standard InChI is InChI=1S/C7H13NS2.C2H4/c1-3-4-7(2)10-9-6-5-8;1-2/h3-4H,1,5-6,8H2,2H3;1-2H2/b7-4+;. The first-order chi connectivity index (χ1) is 5.81. The molecule has 0 aliphatic heterocycles. The molecule has 0 aliphatic carbocycles. The lowest BCUT2D eigenvalue weighted by Crippen LogP contribution is -1.99. The van der Waals surface area contributed by atoms with Crippen molar-refractivity contribution in [2.24, 2.45) is 5.73 Å². The Bertz CT molecular complexity index is 132. The van der Waals surface area contributed by atoms with E-state index in [4.69, 9.17) is 5.73 Å². The lowest BCUT2D eigenvalue weighted by Gasteiger charge is -1.96. The molecule has 0 aromatic rings. The van der Waals surface area contributed by atoms with Crippen molar-refractivity contribution in [1.29, 1.82) is 0 Å². The summed E-state index contributed by atoms with van der Waals surface area (Å²) >= 11 is 0. The van der Waals surface area contributed by atoms with Gasteiger partial charge in [0.1, 0.15) is 0 Å². The summed E-state index contributed by atoms with van der Waals surface area (Å²) < 4.78 is 0. The molecule has 70 valence electrons. The van der Waals surface area contributed by atoms with E-state index in [1.165, 1.54) is 4.91 Å². The van der Waals surface area contributed by atoms with Crippen molar-refractivity contribution in [3.8, 4) is 0 Å². The average Bonchev–Trinajstić information content (AvgIpc) is 2.09.